The zero-order chi connectivity index (χ0) is 25.4. The zero-order valence-corrected chi connectivity index (χ0v) is 21.4. The predicted molar refractivity (Wildman–Crippen MR) is 136 cm³/mol. The molecule has 0 fully saturated rings. The van der Waals surface area contributed by atoms with Crippen LogP contribution in [0.2, 0.25) is 0 Å². The van der Waals surface area contributed by atoms with Gasteiger partial charge in [0.25, 0.3) is 10.0 Å². The summed E-state index contributed by atoms with van der Waals surface area (Å²) in [6, 6.07) is 19.7. The summed E-state index contributed by atoms with van der Waals surface area (Å²) in [5, 5.41) is 0. The molecule has 35 heavy (non-hydrogen) atoms. The first-order valence-electron chi connectivity index (χ1n) is 11.0. The third-order valence-corrected chi connectivity index (χ3v) is 9.53. The fourth-order valence-electron chi connectivity index (χ4n) is 4.03. The Bertz CT molecular complexity index is 1470. The van der Waals surface area contributed by atoms with Gasteiger partial charge in [-0.05, 0) is 66.9 Å². The van der Waals surface area contributed by atoms with Gasteiger partial charge in [0.1, 0.15) is 6.54 Å². The van der Waals surface area contributed by atoms with Crippen molar-refractivity contribution >= 4 is 37.3 Å². The number of hydrogen-bond acceptors (Lipinski definition) is 5. The Morgan fingerprint density at radius 1 is 0.857 bits per heavy atom. The van der Waals surface area contributed by atoms with E-state index in [1.54, 1.807) is 48.5 Å². The molecule has 184 valence electrons. The summed E-state index contributed by atoms with van der Waals surface area (Å²) in [5.74, 6) is -0.395. The maximum Gasteiger partial charge on any atom is 0.264 e. The Morgan fingerprint density at radius 2 is 1.57 bits per heavy atom. The van der Waals surface area contributed by atoms with Gasteiger partial charge in [0.2, 0.25) is 15.9 Å². The van der Waals surface area contributed by atoms with E-state index >= 15 is 0 Å². The van der Waals surface area contributed by atoms with E-state index in [0.717, 1.165) is 19.7 Å². The summed E-state index contributed by atoms with van der Waals surface area (Å²) in [6.07, 6.45) is 0.480. The standard InChI is InChI=1S/C25H27N3O5S2/c1-19-8-7-9-21(16-19)28(35(32,33)22-10-5-4-6-11-22)18-25(29)27-15-14-20-17-23(12-13-24(20)27)34(30,31)26(2)3/h4-13,16-17H,14-15,18H2,1-3H3. The van der Waals surface area contributed by atoms with Gasteiger partial charge in [-0.15, -0.1) is 0 Å². The molecule has 0 atom stereocenters. The molecule has 3 aromatic carbocycles. The molecule has 0 aliphatic carbocycles. The minimum atomic E-state index is -4.01. The molecule has 8 nitrogen and oxygen atoms in total. The van der Waals surface area contributed by atoms with Gasteiger partial charge in [-0.3, -0.25) is 9.10 Å². The molecule has 0 bridgehead atoms. The van der Waals surface area contributed by atoms with Crippen molar-refractivity contribution in [1.82, 2.24) is 4.31 Å². The fraction of sp³-hybridized carbons (Fsp3) is 0.240. The Hall–Kier alpha value is -3.21. The van der Waals surface area contributed by atoms with Gasteiger partial charge in [0, 0.05) is 26.3 Å². The number of hydrogen-bond donors (Lipinski definition) is 0. The number of nitrogens with zero attached hydrogens (tertiary/aromatic N) is 3. The van der Waals surface area contributed by atoms with Crippen LogP contribution in [0.1, 0.15) is 11.1 Å². The number of carbonyl (C=O) groups excluding carboxylic acids is 1. The van der Waals surface area contributed by atoms with Crippen LogP contribution in [0.25, 0.3) is 0 Å². The average Bonchev–Trinajstić information content (AvgIpc) is 3.26. The van der Waals surface area contributed by atoms with E-state index < -0.39 is 32.5 Å². The first kappa shape index (κ1) is 24.9. The molecule has 4 rings (SSSR count). The molecular weight excluding hydrogens is 486 g/mol. The van der Waals surface area contributed by atoms with E-state index in [1.165, 1.54) is 37.2 Å². The molecule has 0 radical (unpaired) electrons. The second-order valence-electron chi connectivity index (χ2n) is 8.54. The lowest BCUT2D eigenvalue weighted by Crippen LogP contribution is -2.42. The molecular formula is C25H27N3O5S2. The minimum Gasteiger partial charge on any atom is -0.310 e. The third-order valence-electron chi connectivity index (χ3n) is 5.93. The number of benzene rings is 3. The SMILES string of the molecule is Cc1cccc(N(CC(=O)N2CCc3cc(S(=O)(=O)N(C)C)ccc32)S(=O)(=O)c2ccccc2)c1. The second kappa shape index (κ2) is 9.44. The highest BCUT2D eigenvalue weighted by molar-refractivity contribution is 7.92. The molecule has 1 heterocycles. The summed E-state index contributed by atoms with van der Waals surface area (Å²) in [6.45, 7) is 1.80. The number of sulfonamides is 2. The highest BCUT2D eigenvalue weighted by Gasteiger charge is 2.32. The first-order valence-corrected chi connectivity index (χ1v) is 13.9. The molecule has 1 aliphatic rings. The van der Waals surface area contributed by atoms with Gasteiger partial charge >= 0.3 is 0 Å². The molecule has 1 amide bonds. The molecule has 0 spiro atoms. The van der Waals surface area contributed by atoms with Crippen molar-refractivity contribution in [2.75, 3.05) is 36.4 Å². The zero-order valence-electron chi connectivity index (χ0n) is 19.7. The third kappa shape index (κ3) is 4.82. The van der Waals surface area contributed by atoms with Crippen LogP contribution in [-0.2, 0) is 31.3 Å². The average molecular weight is 514 g/mol. The lowest BCUT2D eigenvalue weighted by atomic mass is 10.2. The molecule has 0 N–H and O–H groups in total. The van der Waals surface area contributed by atoms with Crippen LogP contribution in [0, 0.1) is 6.92 Å². The van der Waals surface area contributed by atoms with Crippen LogP contribution in [-0.4, -0.2) is 54.2 Å². The van der Waals surface area contributed by atoms with E-state index in [2.05, 4.69) is 0 Å². The van der Waals surface area contributed by atoms with Crippen molar-refractivity contribution in [3.63, 3.8) is 0 Å². The van der Waals surface area contributed by atoms with Crippen molar-refractivity contribution in [1.29, 1.82) is 0 Å². The Balaban J connectivity index is 1.68. The largest absolute Gasteiger partial charge is 0.310 e. The molecule has 3 aromatic rings. The monoisotopic (exact) mass is 513 g/mol. The minimum absolute atomic E-state index is 0.0923. The van der Waals surface area contributed by atoms with E-state index in [-0.39, 0.29) is 9.79 Å². The van der Waals surface area contributed by atoms with Gasteiger partial charge in [-0.1, -0.05) is 30.3 Å². The maximum absolute atomic E-state index is 13.5. The van der Waals surface area contributed by atoms with Crippen molar-refractivity contribution < 1.29 is 21.6 Å². The summed E-state index contributed by atoms with van der Waals surface area (Å²) in [4.78, 5) is 15.2. The summed E-state index contributed by atoms with van der Waals surface area (Å²) in [5.41, 5.74) is 2.58. The summed E-state index contributed by atoms with van der Waals surface area (Å²) >= 11 is 0. The molecule has 0 unspecified atom stereocenters. The quantitative estimate of drug-likeness (QED) is 0.484. The van der Waals surface area contributed by atoms with Crippen LogP contribution in [0.5, 0.6) is 0 Å². The van der Waals surface area contributed by atoms with E-state index in [0.29, 0.717) is 24.3 Å². The molecule has 10 heteroatoms. The van der Waals surface area contributed by atoms with Crippen LogP contribution in [0.4, 0.5) is 11.4 Å². The summed E-state index contributed by atoms with van der Waals surface area (Å²) in [7, 11) is -4.68. The normalized spacial score (nSPS) is 13.7. The number of rotatable bonds is 7. The van der Waals surface area contributed by atoms with Crippen molar-refractivity contribution in [2.24, 2.45) is 0 Å². The van der Waals surface area contributed by atoms with Crippen molar-refractivity contribution in [2.45, 2.75) is 23.1 Å². The van der Waals surface area contributed by atoms with Gasteiger partial charge in [0.05, 0.1) is 15.5 Å². The van der Waals surface area contributed by atoms with Crippen LogP contribution in [0.15, 0.2) is 82.6 Å². The van der Waals surface area contributed by atoms with Crippen LogP contribution >= 0.6 is 0 Å². The smallest absolute Gasteiger partial charge is 0.264 e. The number of fused-ring (bicyclic) bond motifs is 1. The Morgan fingerprint density at radius 3 is 2.23 bits per heavy atom. The van der Waals surface area contributed by atoms with Crippen molar-refractivity contribution in [3.8, 4) is 0 Å². The molecule has 0 saturated carbocycles. The van der Waals surface area contributed by atoms with E-state index in [4.69, 9.17) is 0 Å². The van der Waals surface area contributed by atoms with Crippen LogP contribution < -0.4 is 9.21 Å². The van der Waals surface area contributed by atoms with Crippen LogP contribution in [0.3, 0.4) is 0 Å². The number of aryl methyl sites for hydroxylation is 1. The van der Waals surface area contributed by atoms with E-state index in [9.17, 15) is 21.6 Å². The lowest BCUT2D eigenvalue weighted by Gasteiger charge is -2.27. The van der Waals surface area contributed by atoms with Gasteiger partial charge in [0.15, 0.2) is 0 Å². The highest BCUT2D eigenvalue weighted by atomic mass is 32.2. The van der Waals surface area contributed by atoms with Gasteiger partial charge in [-0.25, -0.2) is 21.1 Å². The molecule has 0 aromatic heterocycles. The topological polar surface area (TPSA) is 95.1 Å². The Labute approximate surface area is 206 Å². The first-order chi connectivity index (χ1) is 16.5. The van der Waals surface area contributed by atoms with Crippen molar-refractivity contribution in [3.05, 3.63) is 83.9 Å². The highest BCUT2D eigenvalue weighted by Crippen LogP contribution is 2.32. The van der Waals surface area contributed by atoms with Gasteiger partial charge in [-0.2, -0.15) is 0 Å². The second-order valence-corrected chi connectivity index (χ2v) is 12.6. The van der Waals surface area contributed by atoms with E-state index in [1.807, 2.05) is 13.0 Å². The predicted octanol–water partition coefficient (Wildman–Crippen LogP) is 3.03. The maximum atomic E-state index is 13.5. The number of anilines is 2. The number of carbonyl (C=O) groups is 1. The lowest BCUT2D eigenvalue weighted by molar-refractivity contribution is -0.117. The summed E-state index contributed by atoms with van der Waals surface area (Å²) < 4.78 is 54.3. The molecule has 0 saturated heterocycles. The Kier molecular flexibility index (Phi) is 6.72. The number of amides is 1. The van der Waals surface area contributed by atoms with Gasteiger partial charge < -0.3 is 4.90 Å². The fourth-order valence-corrected chi connectivity index (χ4v) is 6.41. The molecule has 1 aliphatic heterocycles.